The zero-order valence-electron chi connectivity index (χ0n) is 8.40. The van der Waals surface area contributed by atoms with Crippen molar-refractivity contribution in [1.82, 2.24) is 4.98 Å². The summed E-state index contributed by atoms with van der Waals surface area (Å²) in [6.07, 6.45) is -7.14. The van der Waals surface area contributed by atoms with Crippen molar-refractivity contribution in [3.05, 3.63) is 23.0 Å². The molecule has 0 bridgehead atoms. The third kappa shape index (κ3) is 2.23. The van der Waals surface area contributed by atoms with E-state index in [2.05, 4.69) is 9.72 Å². The Hall–Kier alpha value is -1.40. The lowest BCUT2D eigenvalue weighted by atomic mass is 10.1. The number of hydrogen-bond acceptors (Lipinski definition) is 2. The van der Waals surface area contributed by atoms with E-state index in [1.807, 2.05) is 0 Å². The van der Waals surface area contributed by atoms with Gasteiger partial charge >= 0.3 is 6.18 Å². The van der Waals surface area contributed by atoms with Crippen LogP contribution in [0.4, 0.5) is 22.0 Å². The van der Waals surface area contributed by atoms with Crippen LogP contribution in [0.25, 0.3) is 0 Å². The molecule has 90 valence electrons. The van der Waals surface area contributed by atoms with Gasteiger partial charge in [0.2, 0.25) is 0 Å². The van der Waals surface area contributed by atoms with E-state index < -0.39 is 29.4 Å². The van der Waals surface area contributed by atoms with Crippen LogP contribution >= 0.6 is 0 Å². The van der Waals surface area contributed by atoms with Crippen molar-refractivity contribution in [1.29, 1.82) is 0 Å². The lowest BCUT2D eigenvalue weighted by Crippen LogP contribution is -2.13. The fourth-order valence-corrected chi connectivity index (χ4v) is 1.32. The van der Waals surface area contributed by atoms with Crippen molar-refractivity contribution < 1.29 is 26.7 Å². The minimum Gasteiger partial charge on any atom is -0.495 e. The van der Waals surface area contributed by atoms with Crippen molar-refractivity contribution in [3.63, 3.8) is 0 Å². The van der Waals surface area contributed by atoms with Crippen LogP contribution in [0.3, 0.4) is 0 Å². The van der Waals surface area contributed by atoms with Crippen LogP contribution in [0.1, 0.15) is 23.2 Å². The maximum atomic E-state index is 12.6. The fourth-order valence-electron chi connectivity index (χ4n) is 1.32. The molecule has 1 aromatic heterocycles. The average molecular weight is 241 g/mol. The Morgan fingerprint density at radius 2 is 1.88 bits per heavy atom. The summed E-state index contributed by atoms with van der Waals surface area (Å²) >= 11 is 0. The molecule has 0 aliphatic heterocycles. The van der Waals surface area contributed by atoms with Gasteiger partial charge in [-0.2, -0.15) is 13.2 Å². The average Bonchev–Trinajstić information content (AvgIpc) is 2.14. The summed E-state index contributed by atoms with van der Waals surface area (Å²) < 4.78 is 66.8. The molecule has 0 amide bonds. The minimum absolute atomic E-state index is 0.347. The maximum Gasteiger partial charge on any atom is 0.433 e. The monoisotopic (exact) mass is 241 g/mol. The Labute approximate surface area is 88.1 Å². The first-order valence-electron chi connectivity index (χ1n) is 4.17. The van der Waals surface area contributed by atoms with Gasteiger partial charge in [0.25, 0.3) is 6.43 Å². The standard InChI is InChI=1S/C9H8F5NO/c1-4-6(8(10)11)5(16-2)3-15-7(4)9(12,13)14/h3,8H,1-2H3. The molecule has 1 heterocycles. The smallest absolute Gasteiger partial charge is 0.433 e. The van der Waals surface area contributed by atoms with Crippen molar-refractivity contribution in [2.45, 2.75) is 19.5 Å². The topological polar surface area (TPSA) is 22.1 Å². The van der Waals surface area contributed by atoms with E-state index in [9.17, 15) is 22.0 Å². The number of ether oxygens (including phenoxy) is 1. The van der Waals surface area contributed by atoms with Gasteiger partial charge < -0.3 is 4.74 Å². The molecular formula is C9H8F5NO. The van der Waals surface area contributed by atoms with Gasteiger partial charge in [-0.3, -0.25) is 0 Å². The van der Waals surface area contributed by atoms with Crippen LogP contribution in [0.5, 0.6) is 5.75 Å². The molecule has 0 radical (unpaired) electrons. The molecule has 0 saturated heterocycles. The predicted molar refractivity (Wildman–Crippen MR) is 45.5 cm³/mol. The molecule has 0 aliphatic rings. The Morgan fingerprint density at radius 1 is 1.31 bits per heavy atom. The number of rotatable bonds is 2. The van der Waals surface area contributed by atoms with Gasteiger partial charge in [0.05, 0.1) is 18.9 Å². The molecule has 0 spiro atoms. The van der Waals surface area contributed by atoms with Gasteiger partial charge in [0.15, 0.2) is 0 Å². The lowest BCUT2D eigenvalue weighted by Gasteiger charge is -2.15. The number of pyridine rings is 1. The molecule has 0 N–H and O–H groups in total. The lowest BCUT2D eigenvalue weighted by molar-refractivity contribution is -0.141. The van der Waals surface area contributed by atoms with Crippen LogP contribution in [0.2, 0.25) is 0 Å². The number of hydrogen-bond donors (Lipinski definition) is 0. The van der Waals surface area contributed by atoms with Crippen LogP contribution in [-0.2, 0) is 6.18 Å². The largest absolute Gasteiger partial charge is 0.495 e. The number of aromatic nitrogens is 1. The molecule has 0 aliphatic carbocycles. The van der Waals surface area contributed by atoms with Gasteiger partial charge in [-0.25, -0.2) is 13.8 Å². The van der Waals surface area contributed by atoms with Gasteiger partial charge in [0, 0.05) is 0 Å². The number of halogens is 5. The molecule has 1 aromatic rings. The highest BCUT2D eigenvalue weighted by Gasteiger charge is 2.37. The first-order valence-corrected chi connectivity index (χ1v) is 4.17. The molecule has 0 fully saturated rings. The molecule has 7 heteroatoms. The number of nitrogens with zero attached hydrogens (tertiary/aromatic N) is 1. The second kappa shape index (κ2) is 4.23. The van der Waals surface area contributed by atoms with Gasteiger partial charge in [-0.15, -0.1) is 0 Å². The third-order valence-electron chi connectivity index (χ3n) is 2.04. The van der Waals surface area contributed by atoms with Gasteiger partial charge in [0.1, 0.15) is 11.4 Å². The summed E-state index contributed by atoms with van der Waals surface area (Å²) in [5.74, 6) is -0.347. The zero-order chi connectivity index (χ0) is 12.5. The highest BCUT2D eigenvalue weighted by molar-refractivity contribution is 5.41. The number of methoxy groups -OCH3 is 1. The van der Waals surface area contributed by atoms with Gasteiger partial charge in [-0.1, -0.05) is 0 Å². The molecule has 0 atom stereocenters. The Morgan fingerprint density at radius 3 is 2.25 bits per heavy atom. The minimum atomic E-state index is -4.75. The summed E-state index contributed by atoms with van der Waals surface area (Å²) in [6, 6.07) is 0. The van der Waals surface area contributed by atoms with Crippen molar-refractivity contribution in [3.8, 4) is 5.75 Å². The first-order chi connectivity index (χ1) is 7.29. The summed E-state index contributed by atoms with van der Waals surface area (Å²) in [4.78, 5) is 3.08. The van der Waals surface area contributed by atoms with Crippen LogP contribution < -0.4 is 4.74 Å². The Balaban J connectivity index is 3.44. The zero-order valence-corrected chi connectivity index (χ0v) is 8.40. The van der Waals surface area contributed by atoms with Gasteiger partial charge in [-0.05, 0) is 12.5 Å². The first kappa shape index (κ1) is 12.7. The van der Waals surface area contributed by atoms with E-state index in [1.54, 1.807) is 0 Å². The molecule has 1 rings (SSSR count). The molecule has 16 heavy (non-hydrogen) atoms. The number of alkyl halides is 5. The summed E-state index contributed by atoms with van der Waals surface area (Å²) in [5, 5.41) is 0. The summed E-state index contributed by atoms with van der Waals surface area (Å²) in [6.45, 7) is 0.944. The molecule has 0 aromatic carbocycles. The summed E-state index contributed by atoms with van der Waals surface area (Å²) in [5.41, 5.74) is -2.70. The van der Waals surface area contributed by atoms with Crippen molar-refractivity contribution in [2.24, 2.45) is 0 Å². The summed E-state index contributed by atoms with van der Waals surface area (Å²) in [7, 11) is 1.09. The molecular weight excluding hydrogens is 233 g/mol. The normalized spacial score (nSPS) is 12.0. The van der Waals surface area contributed by atoms with E-state index in [0.717, 1.165) is 14.0 Å². The second-order valence-corrected chi connectivity index (χ2v) is 3.01. The van der Waals surface area contributed by atoms with E-state index in [0.29, 0.717) is 6.20 Å². The van der Waals surface area contributed by atoms with Crippen LogP contribution in [0.15, 0.2) is 6.20 Å². The Bertz CT molecular complexity index is 388. The van der Waals surface area contributed by atoms with E-state index >= 15 is 0 Å². The van der Waals surface area contributed by atoms with Crippen molar-refractivity contribution >= 4 is 0 Å². The predicted octanol–water partition coefficient (Wildman–Crippen LogP) is 3.36. The van der Waals surface area contributed by atoms with Crippen LogP contribution in [-0.4, -0.2) is 12.1 Å². The van der Waals surface area contributed by atoms with Crippen LogP contribution in [0, 0.1) is 6.92 Å². The van der Waals surface area contributed by atoms with E-state index in [4.69, 9.17) is 0 Å². The highest BCUT2D eigenvalue weighted by Crippen LogP contribution is 2.38. The SMILES string of the molecule is COc1cnc(C(F)(F)F)c(C)c1C(F)F. The Kier molecular flexibility index (Phi) is 3.35. The fraction of sp³-hybridized carbons (Fsp3) is 0.444. The maximum absolute atomic E-state index is 12.6. The van der Waals surface area contributed by atoms with E-state index in [1.165, 1.54) is 0 Å². The van der Waals surface area contributed by atoms with E-state index in [-0.39, 0.29) is 5.75 Å². The molecule has 2 nitrogen and oxygen atoms in total. The van der Waals surface area contributed by atoms with Crippen molar-refractivity contribution in [2.75, 3.05) is 7.11 Å². The highest BCUT2D eigenvalue weighted by atomic mass is 19.4. The molecule has 0 unspecified atom stereocenters. The third-order valence-corrected chi connectivity index (χ3v) is 2.04. The quantitative estimate of drug-likeness (QED) is 0.740. The molecule has 0 saturated carbocycles. The second-order valence-electron chi connectivity index (χ2n) is 3.01.